The minimum atomic E-state index is -0.975. The zero-order chi connectivity index (χ0) is 26.2. The van der Waals surface area contributed by atoms with Gasteiger partial charge in [0.25, 0.3) is 0 Å². The number of aliphatic hydroxyl groups excluding tert-OH is 1. The molecule has 9 heteroatoms. The van der Waals surface area contributed by atoms with Gasteiger partial charge in [0.05, 0.1) is 21.3 Å². The van der Waals surface area contributed by atoms with Crippen LogP contribution in [0.15, 0.2) is 60.7 Å². The molecule has 2 atom stereocenters. The van der Waals surface area contributed by atoms with Gasteiger partial charge in [0, 0.05) is 12.1 Å². The van der Waals surface area contributed by atoms with Crippen LogP contribution in [-0.4, -0.2) is 48.7 Å². The Balaban J connectivity index is 1.68. The fourth-order valence-electron chi connectivity index (χ4n) is 3.34. The number of esters is 1. The van der Waals surface area contributed by atoms with E-state index in [1.807, 2.05) is 0 Å². The van der Waals surface area contributed by atoms with E-state index in [4.69, 9.17) is 23.7 Å². The van der Waals surface area contributed by atoms with E-state index in [1.54, 1.807) is 31.2 Å². The number of phenolic OH excluding ortho intramolecular Hbond substituents is 2. The third-order valence-electron chi connectivity index (χ3n) is 5.27. The summed E-state index contributed by atoms with van der Waals surface area (Å²) in [5, 5.41) is 29.7. The maximum absolute atomic E-state index is 12.2. The third kappa shape index (κ3) is 6.39. The summed E-state index contributed by atoms with van der Waals surface area (Å²) in [4.78, 5) is 12.2. The second kappa shape index (κ2) is 11.9. The average Bonchev–Trinajstić information content (AvgIpc) is 2.89. The first-order chi connectivity index (χ1) is 17.2. The molecule has 3 rings (SSSR count). The van der Waals surface area contributed by atoms with Crippen LogP contribution in [0, 0.1) is 0 Å². The lowest BCUT2D eigenvalue weighted by molar-refractivity contribution is -0.128. The van der Waals surface area contributed by atoms with E-state index in [2.05, 4.69) is 0 Å². The van der Waals surface area contributed by atoms with Crippen molar-refractivity contribution in [2.24, 2.45) is 0 Å². The number of carbonyl (C=O) groups is 1. The Morgan fingerprint density at radius 3 is 2.14 bits per heavy atom. The molecule has 0 unspecified atom stereocenters. The predicted octanol–water partition coefficient (Wildman–Crippen LogP) is 4.24. The number of rotatable bonds is 10. The molecule has 0 aliphatic heterocycles. The minimum absolute atomic E-state index is 0.218. The maximum Gasteiger partial charge on any atom is 0.336 e. The number of carbonyl (C=O) groups excluding carboxylic acids is 1. The van der Waals surface area contributed by atoms with Crippen LogP contribution < -0.4 is 23.7 Å². The monoisotopic (exact) mass is 496 g/mol. The van der Waals surface area contributed by atoms with Gasteiger partial charge >= 0.3 is 5.97 Å². The van der Waals surface area contributed by atoms with Gasteiger partial charge in [-0.15, -0.1) is 0 Å². The minimum Gasteiger partial charge on any atom is -0.504 e. The van der Waals surface area contributed by atoms with Crippen molar-refractivity contribution in [1.82, 2.24) is 0 Å². The summed E-state index contributed by atoms with van der Waals surface area (Å²) < 4.78 is 27.1. The van der Waals surface area contributed by atoms with Crippen molar-refractivity contribution < 1.29 is 43.8 Å². The largest absolute Gasteiger partial charge is 0.504 e. The number of hydrogen-bond donors (Lipinski definition) is 3. The number of phenols is 2. The smallest absolute Gasteiger partial charge is 0.336 e. The maximum atomic E-state index is 12.2. The summed E-state index contributed by atoms with van der Waals surface area (Å²) in [6, 6.07) is 13.8. The first-order valence-corrected chi connectivity index (χ1v) is 10.9. The molecule has 3 aromatic rings. The Morgan fingerprint density at radius 1 is 0.806 bits per heavy atom. The van der Waals surface area contributed by atoms with Crippen molar-refractivity contribution in [3.63, 3.8) is 0 Å². The first-order valence-electron chi connectivity index (χ1n) is 10.9. The second-order valence-electron chi connectivity index (χ2n) is 7.70. The van der Waals surface area contributed by atoms with E-state index in [0.29, 0.717) is 34.1 Å². The van der Waals surface area contributed by atoms with Crippen molar-refractivity contribution in [3.05, 3.63) is 71.8 Å². The quantitative estimate of drug-likeness (QED) is 0.164. The lowest BCUT2D eigenvalue weighted by Gasteiger charge is -2.23. The number of aliphatic hydroxyl groups is 1. The molecule has 36 heavy (non-hydrogen) atoms. The summed E-state index contributed by atoms with van der Waals surface area (Å²) >= 11 is 0. The predicted molar refractivity (Wildman–Crippen MR) is 132 cm³/mol. The van der Waals surface area contributed by atoms with Gasteiger partial charge in [0.2, 0.25) is 0 Å². The zero-order valence-electron chi connectivity index (χ0n) is 20.3. The molecule has 0 saturated carbocycles. The highest BCUT2D eigenvalue weighted by Gasteiger charge is 2.21. The topological polar surface area (TPSA) is 124 Å². The van der Waals surface area contributed by atoms with Gasteiger partial charge < -0.3 is 39.0 Å². The molecule has 0 fully saturated rings. The van der Waals surface area contributed by atoms with Crippen LogP contribution in [0.2, 0.25) is 0 Å². The Labute approximate surface area is 208 Å². The summed E-state index contributed by atoms with van der Waals surface area (Å²) in [6.07, 6.45) is 0.990. The summed E-state index contributed by atoms with van der Waals surface area (Å²) in [5.41, 5.74) is 1.09. The molecule has 0 aliphatic carbocycles. The summed E-state index contributed by atoms with van der Waals surface area (Å²) in [6.45, 7) is 1.71. The molecule has 190 valence electrons. The first kappa shape index (κ1) is 26.2. The second-order valence-corrected chi connectivity index (χ2v) is 7.70. The van der Waals surface area contributed by atoms with Gasteiger partial charge in [-0.1, -0.05) is 12.1 Å². The van der Waals surface area contributed by atoms with Gasteiger partial charge in [-0.05, 0) is 60.5 Å². The number of hydrogen-bond acceptors (Lipinski definition) is 9. The van der Waals surface area contributed by atoms with Gasteiger partial charge in [0.1, 0.15) is 18.0 Å². The SMILES string of the molecule is COc1ccc([C@@H](O)[C@@H](C)Oc2ccc(OC(=O)/C=C/c3ccc(O)c(O)c3)cc2OC)cc1OC. The lowest BCUT2D eigenvalue weighted by Crippen LogP contribution is -2.22. The molecule has 0 aromatic heterocycles. The average molecular weight is 497 g/mol. The Bertz CT molecular complexity index is 1240. The summed E-state index contributed by atoms with van der Waals surface area (Å²) in [7, 11) is 4.49. The number of methoxy groups -OCH3 is 3. The lowest BCUT2D eigenvalue weighted by atomic mass is 10.0. The highest BCUT2D eigenvalue weighted by atomic mass is 16.5. The van der Waals surface area contributed by atoms with E-state index >= 15 is 0 Å². The standard InChI is InChI=1S/C27H28O9/c1-16(27(31)18-7-10-22(32-2)24(14-18)33-3)35-23-11-8-19(15-25(23)34-4)36-26(30)12-6-17-5-9-20(28)21(29)13-17/h5-16,27-29,31H,1-4H3/b12-6+/t16-,27+/m1/s1. The fraction of sp³-hybridized carbons (Fsp3) is 0.222. The van der Waals surface area contributed by atoms with Crippen LogP contribution >= 0.6 is 0 Å². The van der Waals surface area contributed by atoms with Crippen LogP contribution in [0.3, 0.4) is 0 Å². The van der Waals surface area contributed by atoms with Crippen molar-refractivity contribution in [1.29, 1.82) is 0 Å². The molecule has 3 aromatic carbocycles. The molecule has 0 heterocycles. The van der Waals surface area contributed by atoms with E-state index in [1.165, 1.54) is 63.8 Å². The number of ether oxygens (including phenoxy) is 5. The van der Waals surface area contributed by atoms with Crippen molar-refractivity contribution in [2.75, 3.05) is 21.3 Å². The summed E-state index contributed by atoms with van der Waals surface area (Å²) in [5.74, 6) is 0.696. The molecule has 0 aliphatic rings. The van der Waals surface area contributed by atoms with E-state index in [9.17, 15) is 20.1 Å². The van der Waals surface area contributed by atoms with Crippen LogP contribution in [0.5, 0.6) is 40.2 Å². The molecule has 0 amide bonds. The third-order valence-corrected chi connectivity index (χ3v) is 5.27. The molecule has 0 bridgehead atoms. The Morgan fingerprint density at radius 2 is 1.47 bits per heavy atom. The molecule has 0 radical (unpaired) electrons. The highest BCUT2D eigenvalue weighted by Crippen LogP contribution is 2.35. The van der Waals surface area contributed by atoms with Gasteiger partial charge in [0.15, 0.2) is 34.5 Å². The molecule has 0 spiro atoms. The van der Waals surface area contributed by atoms with Gasteiger partial charge in [-0.2, -0.15) is 0 Å². The van der Waals surface area contributed by atoms with Gasteiger partial charge in [-0.3, -0.25) is 0 Å². The molecule has 3 N–H and O–H groups in total. The molecule has 0 saturated heterocycles. The van der Waals surface area contributed by atoms with Crippen LogP contribution in [-0.2, 0) is 4.79 Å². The zero-order valence-corrected chi connectivity index (χ0v) is 20.3. The Hall–Kier alpha value is -4.37. The van der Waals surface area contributed by atoms with Crippen molar-refractivity contribution >= 4 is 12.0 Å². The number of benzene rings is 3. The van der Waals surface area contributed by atoms with E-state index in [0.717, 1.165) is 0 Å². The van der Waals surface area contributed by atoms with Crippen LogP contribution in [0.25, 0.3) is 6.08 Å². The normalized spacial score (nSPS) is 12.6. The highest BCUT2D eigenvalue weighted by molar-refractivity contribution is 5.88. The molecule has 9 nitrogen and oxygen atoms in total. The number of aromatic hydroxyl groups is 2. The van der Waals surface area contributed by atoms with E-state index in [-0.39, 0.29) is 17.2 Å². The molecular weight excluding hydrogens is 468 g/mol. The van der Waals surface area contributed by atoms with E-state index < -0.39 is 18.2 Å². The van der Waals surface area contributed by atoms with Crippen molar-refractivity contribution in [2.45, 2.75) is 19.1 Å². The van der Waals surface area contributed by atoms with Gasteiger partial charge in [-0.25, -0.2) is 4.79 Å². The molecular formula is C27H28O9. The fourth-order valence-corrected chi connectivity index (χ4v) is 3.34. The van der Waals surface area contributed by atoms with Crippen molar-refractivity contribution in [3.8, 4) is 40.2 Å². The van der Waals surface area contributed by atoms with Crippen LogP contribution in [0.4, 0.5) is 0 Å². The Kier molecular flexibility index (Phi) is 8.64. The van der Waals surface area contributed by atoms with Crippen LogP contribution in [0.1, 0.15) is 24.2 Å².